The number of anilines is 1. The summed E-state index contributed by atoms with van der Waals surface area (Å²) in [5.74, 6) is -1.34. The Labute approximate surface area is 153 Å². The van der Waals surface area contributed by atoms with Gasteiger partial charge in [0.1, 0.15) is 9.77 Å². The van der Waals surface area contributed by atoms with Gasteiger partial charge in [-0.1, -0.05) is 18.2 Å². The average molecular weight is 390 g/mol. The zero-order valence-corrected chi connectivity index (χ0v) is 15.2. The van der Waals surface area contributed by atoms with Gasteiger partial charge in [0.25, 0.3) is 10.0 Å². The lowest BCUT2D eigenvalue weighted by molar-refractivity contribution is 0.0602. The standard InChI is InChI=1S/C17H14N2O5S2/c1-24-17(21)14-15(12-4-2-3-5-13(12)25-14)26(22,23)19-11-8-6-10(7-9-11)16(18)20/h2-9,19H,1H3,(H2,18,20). The summed E-state index contributed by atoms with van der Waals surface area (Å²) >= 11 is 1.05. The van der Waals surface area contributed by atoms with Gasteiger partial charge in [-0.2, -0.15) is 0 Å². The van der Waals surface area contributed by atoms with Crippen molar-refractivity contribution in [3.63, 3.8) is 0 Å². The Morgan fingerprint density at radius 2 is 1.73 bits per heavy atom. The van der Waals surface area contributed by atoms with Crippen LogP contribution in [-0.2, 0) is 14.8 Å². The lowest BCUT2D eigenvalue weighted by atomic mass is 10.2. The minimum absolute atomic E-state index is 0.00467. The number of nitrogens with one attached hydrogen (secondary N) is 1. The summed E-state index contributed by atoms with van der Waals surface area (Å²) in [5.41, 5.74) is 5.66. The van der Waals surface area contributed by atoms with E-state index in [1.54, 1.807) is 24.3 Å². The highest BCUT2D eigenvalue weighted by molar-refractivity contribution is 7.93. The van der Waals surface area contributed by atoms with Crippen LogP contribution in [0.3, 0.4) is 0 Å². The van der Waals surface area contributed by atoms with Crippen LogP contribution in [0.4, 0.5) is 5.69 Å². The molecule has 1 heterocycles. The summed E-state index contributed by atoms with van der Waals surface area (Å²) < 4.78 is 33.7. The Bertz CT molecular complexity index is 1100. The van der Waals surface area contributed by atoms with Gasteiger partial charge in [-0.05, 0) is 30.3 Å². The molecule has 1 amide bonds. The first kappa shape index (κ1) is 17.9. The third-order valence-corrected chi connectivity index (χ3v) is 6.36. The molecule has 0 aliphatic rings. The van der Waals surface area contributed by atoms with Gasteiger partial charge in [0.2, 0.25) is 5.91 Å². The van der Waals surface area contributed by atoms with Gasteiger partial charge >= 0.3 is 5.97 Å². The number of methoxy groups -OCH3 is 1. The molecule has 0 saturated carbocycles. The summed E-state index contributed by atoms with van der Waals surface area (Å²) in [4.78, 5) is 23.0. The van der Waals surface area contributed by atoms with E-state index in [2.05, 4.69) is 4.72 Å². The minimum atomic E-state index is -4.07. The van der Waals surface area contributed by atoms with Crippen LogP contribution in [0.5, 0.6) is 0 Å². The highest BCUT2D eigenvalue weighted by Crippen LogP contribution is 2.36. The number of amides is 1. The van der Waals surface area contributed by atoms with Crippen molar-refractivity contribution >= 4 is 49.0 Å². The van der Waals surface area contributed by atoms with E-state index in [0.29, 0.717) is 10.1 Å². The number of carbonyl (C=O) groups is 2. The molecule has 0 aliphatic carbocycles. The topological polar surface area (TPSA) is 116 Å². The van der Waals surface area contributed by atoms with Crippen molar-refractivity contribution in [2.75, 3.05) is 11.8 Å². The second-order valence-corrected chi connectivity index (χ2v) is 7.97. The molecule has 0 bridgehead atoms. The van der Waals surface area contributed by atoms with Gasteiger partial charge in [-0.3, -0.25) is 9.52 Å². The summed E-state index contributed by atoms with van der Waals surface area (Å²) in [6.07, 6.45) is 0. The molecule has 7 nitrogen and oxygen atoms in total. The Kier molecular flexibility index (Phi) is 4.66. The fourth-order valence-corrected chi connectivity index (χ4v) is 5.30. The first-order valence-electron chi connectivity index (χ1n) is 7.36. The van der Waals surface area contributed by atoms with Crippen molar-refractivity contribution in [1.29, 1.82) is 0 Å². The SMILES string of the molecule is COC(=O)c1sc2ccccc2c1S(=O)(=O)Nc1ccc(C(N)=O)cc1. The number of esters is 1. The molecule has 3 N–H and O–H groups in total. The van der Waals surface area contributed by atoms with Crippen LogP contribution in [0.25, 0.3) is 10.1 Å². The van der Waals surface area contributed by atoms with Crippen LogP contribution in [0.1, 0.15) is 20.0 Å². The number of nitrogens with two attached hydrogens (primary N) is 1. The molecule has 0 saturated heterocycles. The van der Waals surface area contributed by atoms with Crippen LogP contribution in [0.2, 0.25) is 0 Å². The lowest BCUT2D eigenvalue weighted by Crippen LogP contribution is -2.16. The van der Waals surface area contributed by atoms with Crippen LogP contribution in [-0.4, -0.2) is 27.4 Å². The second kappa shape index (κ2) is 6.77. The summed E-state index contributed by atoms with van der Waals surface area (Å²) in [7, 11) is -2.88. The van der Waals surface area contributed by atoms with Gasteiger partial charge in [-0.15, -0.1) is 11.3 Å². The molecule has 0 fully saturated rings. The van der Waals surface area contributed by atoms with Crippen molar-refractivity contribution in [2.45, 2.75) is 4.90 Å². The molecule has 0 unspecified atom stereocenters. The number of primary amides is 1. The average Bonchev–Trinajstić information content (AvgIpc) is 3.01. The first-order chi connectivity index (χ1) is 12.3. The molecule has 3 rings (SSSR count). The third-order valence-electron chi connectivity index (χ3n) is 3.61. The number of hydrogen-bond donors (Lipinski definition) is 2. The molecule has 2 aromatic carbocycles. The van der Waals surface area contributed by atoms with Gasteiger partial charge in [-0.25, -0.2) is 13.2 Å². The quantitative estimate of drug-likeness (QED) is 0.650. The molecule has 26 heavy (non-hydrogen) atoms. The van der Waals surface area contributed by atoms with Crippen LogP contribution >= 0.6 is 11.3 Å². The Morgan fingerprint density at radius 3 is 2.35 bits per heavy atom. The van der Waals surface area contributed by atoms with E-state index in [9.17, 15) is 18.0 Å². The Balaban J connectivity index is 2.09. The monoisotopic (exact) mass is 390 g/mol. The number of hydrogen-bond acceptors (Lipinski definition) is 6. The first-order valence-corrected chi connectivity index (χ1v) is 9.66. The maximum absolute atomic E-state index is 12.9. The van der Waals surface area contributed by atoms with E-state index in [1.807, 2.05) is 0 Å². The van der Waals surface area contributed by atoms with Crippen molar-refractivity contribution in [3.05, 3.63) is 59.0 Å². The summed E-state index contributed by atoms with van der Waals surface area (Å²) in [5, 5.41) is 0.430. The van der Waals surface area contributed by atoms with Crippen molar-refractivity contribution in [3.8, 4) is 0 Å². The summed E-state index contributed by atoms with van der Waals surface area (Å²) in [6, 6.07) is 12.5. The van der Waals surface area contributed by atoms with E-state index >= 15 is 0 Å². The molecule has 1 aromatic heterocycles. The van der Waals surface area contributed by atoms with Crippen molar-refractivity contribution in [2.24, 2.45) is 5.73 Å². The maximum atomic E-state index is 12.9. The number of ether oxygens (including phenoxy) is 1. The number of rotatable bonds is 5. The Hall–Kier alpha value is -2.91. The zero-order chi connectivity index (χ0) is 18.9. The predicted molar refractivity (Wildman–Crippen MR) is 98.9 cm³/mol. The number of benzene rings is 2. The van der Waals surface area contributed by atoms with Crippen LogP contribution in [0, 0.1) is 0 Å². The van der Waals surface area contributed by atoms with E-state index < -0.39 is 21.9 Å². The normalized spacial score (nSPS) is 11.3. The fourth-order valence-electron chi connectivity index (χ4n) is 2.42. The van der Waals surface area contributed by atoms with Crippen molar-refractivity contribution in [1.82, 2.24) is 0 Å². The molecular formula is C17H14N2O5S2. The second-order valence-electron chi connectivity index (χ2n) is 5.30. The number of thiophene rings is 1. The Morgan fingerprint density at radius 1 is 1.08 bits per heavy atom. The van der Waals surface area contributed by atoms with E-state index in [-0.39, 0.29) is 21.0 Å². The number of carbonyl (C=O) groups excluding carboxylic acids is 2. The third kappa shape index (κ3) is 3.26. The maximum Gasteiger partial charge on any atom is 0.349 e. The largest absolute Gasteiger partial charge is 0.465 e. The predicted octanol–water partition coefficient (Wildman–Crippen LogP) is 2.59. The van der Waals surface area contributed by atoms with Gasteiger partial charge in [0.15, 0.2) is 0 Å². The van der Waals surface area contributed by atoms with Crippen molar-refractivity contribution < 1.29 is 22.7 Å². The highest BCUT2D eigenvalue weighted by atomic mass is 32.2. The van der Waals surface area contributed by atoms with Gasteiger partial charge in [0.05, 0.1) is 7.11 Å². The molecule has 3 aromatic rings. The highest BCUT2D eigenvalue weighted by Gasteiger charge is 2.29. The van der Waals surface area contributed by atoms with Crippen LogP contribution < -0.4 is 10.5 Å². The molecular weight excluding hydrogens is 376 g/mol. The van der Waals surface area contributed by atoms with Crippen LogP contribution in [0.15, 0.2) is 53.4 Å². The fraction of sp³-hybridized carbons (Fsp3) is 0.0588. The number of fused-ring (bicyclic) bond motifs is 1. The molecule has 0 spiro atoms. The minimum Gasteiger partial charge on any atom is -0.465 e. The summed E-state index contributed by atoms with van der Waals surface area (Å²) in [6.45, 7) is 0. The molecule has 9 heteroatoms. The van der Waals surface area contributed by atoms with E-state index in [0.717, 1.165) is 11.3 Å². The van der Waals surface area contributed by atoms with Gasteiger partial charge < -0.3 is 10.5 Å². The van der Waals surface area contributed by atoms with E-state index in [4.69, 9.17) is 10.5 Å². The molecule has 0 atom stereocenters. The molecule has 0 radical (unpaired) electrons. The van der Waals surface area contributed by atoms with E-state index in [1.165, 1.54) is 31.4 Å². The number of sulfonamides is 1. The smallest absolute Gasteiger partial charge is 0.349 e. The molecule has 134 valence electrons. The lowest BCUT2D eigenvalue weighted by Gasteiger charge is -2.09. The van der Waals surface area contributed by atoms with Gasteiger partial charge in [0, 0.05) is 21.3 Å². The molecule has 0 aliphatic heterocycles. The zero-order valence-electron chi connectivity index (χ0n) is 13.6.